The van der Waals surface area contributed by atoms with E-state index in [4.69, 9.17) is 0 Å². The van der Waals surface area contributed by atoms with Gasteiger partial charge in [0.2, 0.25) is 0 Å². The van der Waals surface area contributed by atoms with Crippen molar-refractivity contribution in [3.05, 3.63) is 145 Å². The van der Waals surface area contributed by atoms with Gasteiger partial charge in [0.15, 0.2) is 0 Å². The van der Waals surface area contributed by atoms with Crippen molar-refractivity contribution in [2.45, 2.75) is 0 Å². The fourth-order valence-electron chi connectivity index (χ4n) is 5.03. The average Bonchev–Trinajstić information content (AvgIpc) is 3.70. The van der Waals surface area contributed by atoms with Crippen LogP contribution in [0.3, 0.4) is 0 Å². The Morgan fingerprint density at radius 2 is 0.667 bits per heavy atom. The van der Waals surface area contributed by atoms with Crippen molar-refractivity contribution in [3.63, 3.8) is 0 Å². The van der Waals surface area contributed by atoms with Crippen molar-refractivity contribution in [3.8, 4) is 10.6 Å². The molecule has 0 saturated carbocycles. The summed E-state index contributed by atoms with van der Waals surface area (Å²) >= 11 is 0. The largest absolute Gasteiger partial charge is 4.00 e. The Bertz CT molecular complexity index is 1550. The normalized spacial score (nSPS) is 10.5. The van der Waals surface area contributed by atoms with Crippen LogP contribution < -0.4 is 24.8 Å². The summed E-state index contributed by atoms with van der Waals surface area (Å²) in [5, 5.41) is 13.9. The monoisotopic (exact) mass is 612 g/mol. The van der Waals surface area contributed by atoms with E-state index in [0.29, 0.717) is 0 Å². The van der Waals surface area contributed by atoms with Gasteiger partial charge in [-0.15, -0.1) is 85.1 Å². The molecule has 0 unspecified atom stereocenters. The summed E-state index contributed by atoms with van der Waals surface area (Å²) in [6.07, 6.45) is 0. The van der Waals surface area contributed by atoms with Crippen LogP contribution in [0.25, 0.3) is 53.7 Å². The van der Waals surface area contributed by atoms with E-state index >= 15 is 0 Å². The van der Waals surface area contributed by atoms with Gasteiger partial charge >= 0.3 is 21.7 Å². The van der Waals surface area contributed by atoms with Crippen molar-refractivity contribution in [1.29, 1.82) is 0 Å². The molecule has 6 aromatic carbocycles. The first-order chi connectivity index (χ1) is 17.8. The number of rotatable bonds is 2. The molecule has 5 heteroatoms. The molecule has 0 amide bonds. The Kier molecular flexibility index (Phi) is 9.64. The van der Waals surface area contributed by atoms with Gasteiger partial charge in [-0.1, -0.05) is 71.3 Å². The van der Waals surface area contributed by atoms with E-state index in [1.807, 2.05) is 0 Å². The summed E-state index contributed by atoms with van der Waals surface area (Å²) in [6.45, 7) is 0. The smallest absolute Gasteiger partial charge is 1.00 e. The van der Waals surface area contributed by atoms with Gasteiger partial charge in [-0.2, -0.15) is 12.1 Å². The predicted molar refractivity (Wildman–Crippen MR) is 162 cm³/mol. The molecule has 0 saturated heterocycles. The van der Waals surface area contributed by atoms with Gasteiger partial charge in [0.1, 0.15) is 0 Å². The molecule has 8 rings (SSSR count). The van der Waals surface area contributed by atoms with E-state index in [1.165, 1.54) is 53.7 Å². The zero-order valence-corrected chi connectivity index (χ0v) is 25.9. The van der Waals surface area contributed by atoms with Crippen LogP contribution in [0.2, 0.25) is 0 Å². The van der Waals surface area contributed by atoms with Crippen LogP contribution in [0.1, 0.15) is 0 Å². The van der Waals surface area contributed by atoms with Crippen molar-refractivity contribution >= 4 is 58.2 Å². The SMILES string of the molecule is [Cl-].[Cl-].[Ti+4].c1ccc2cp(-c3cc4ccccc4[cH-]3)cc2c1.c1ccc2cp(-c3cc4ccccc4[cH-]3)cc2c1. The zero-order chi connectivity index (χ0) is 23.9. The maximum absolute atomic E-state index is 2.42. The minimum absolute atomic E-state index is 0. The van der Waals surface area contributed by atoms with Crippen LogP contribution >= 0.6 is 15.1 Å². The van der Waals surface area contributed by atoms with Crippen molar-refractivity contribution in [1.82, 2.24) is 0 Å². The Labute approximate surface area is 258 Å². The minimum Gasteiger partial charge on any atom is -1.00 e. The Balaban J connectivity index is 0.000000168. The van der Waals surface area contributed by atoms with Crippen molar-refractivity contribution in [2.75, 3.05) is 0 Å². The van der Waals surface area contributed by atoms with Crippen LogP contribution in [0.5, 0.6) is 0 Å². The molecule has 0 bridgehead atoms. The predicted octanol–water partition coefficient (Wildman–Crippen LogP) is 5.38. The van der Waals surface area contributed by atoms with Gasteiger partial charge in [0.05, 0.1) is 0 Å². The van der Waals surface area contributed by atoms with Crippen molar-refractivity contribution < 1.29 is 46.5 Å². The third kappa shape index (κ3) is 5.99. The van der Waals surface area contributed by atoms with Crippen molar-refractivity contribution in [2.24, 2.45) is 0 Å². The van der Waals surface area contributed by atoms with Crippen LogP contribution in [-0.4, -0.2) is 0 Å². The molecular formula is C34H24Cl2P2Ti. The minimum atomic E-state index is -0.264. The molecule has 0 fully saturated rings. The second kappa shape index (κ2) is 12.8. The number of hydrogen-bond acceptors (Lipinski definition) is 0. The second-order valence-electron chi connectivity index (χ2n) is 9.27. The molecule has 0 N–H and O–H groups in total. The summed E-state index contributed by atoms with van der Waals surface area (Å²) in [7, 11) is -0.528. The molecule has 39 heavy (non-hydrogen) atoms. The summed E-state index contributed by atoms with van der Waals surface area (Å²) in [5.74, 6) is 9.66. The summed E-state index contributed by atoms with van der Waals surface area (Å²) < 4.78 is 0. The van der Waals surface area contributed by atoms with Gasteiger partial charge in [-0.3, -0.25) is 0 Å². The Morgan fingerprint density at radius 1 is 0.385 bits per heavy atom. The average molecular weight is 613 g/mol. The fourth-order valence-corrected chi connectivity index (χ4v) is 9.07. The van der Waals surface area contributed by atoms with Gasteiger partial charge in [0.25, 0.3) is 0 Å². The summed E-state index contributed by atoms with van der Waals surface area (Å²) in [6, 6.07) is 43.8. The summed E-state index contributed by atoms with van der Waals surface area (Å²) in [5.41, 5.74) is 0. The Hall–Kier alpha value is -2.53. The molecule has 2 aromatic heterocycles. The van der Waals surface area contributed by atoms with Gasteiger partial charge < -0.3 is 24.8 Å². The number of fused-ring (bicyclic) bond motifs is 4. The summed E-state index contributed by atoms with van der Waals surface area (Å²) in [4.78, 5) is 0. The van der Waals surface area contributed by atoms with Crippen LogP contribution in [0.15, 0.2) is 145 Å². The Morgan fingerprint density at radius 3 is 0.974 bits per heavy atom. The van der Waals surface area contributed by atoms with E-state index in [1.54, 1.807) is 0 Å². The molecule has 2 heterocycles. The molecule has 0 aliphatic heterocycles. The van der Waals surface area contributed by atoms with E-state index in [0.717, 1.165) is 0 Å². The molecule has 0 nitrogen and oxygen atoms in total. The van der Waals surface area contributed by atoms with Crippen LogP contribution in [0.4, 0.5) is 0 Å². The standard InChI is InChI=1S/2C17H12P.2ClH.Ti/c2*1-2-6-14-10-17(9-13(14)5-1)18-11-15-7-3-4-8-16(15)12-18;;;/h2*1-12H;2*1H;/q2*-1;;;+4/p-2. The van der Waals surface area contributed by atoms with E-state index in [2.05, 4.69) is 145 Å². The molecule has 0 radical (unpaired) electrons. The van der Waals surface area contributed by atoms with Gasteiger partial charge in [-0.05, 0) is 44.7 Å². The molecule has 0 aliphatic rings. The number of halogens is 2. The first-order valence-corrected chi connectivity index (χ1v) is 15.2. The third-order valence-corrected chi connectivity index (χ3v) is 10.8. The molecule has 0 aliphatic carbocycles. The third-order valence-electron chi connectivity index (χ3n) is 6.91. The zero-order valence-electron chi connectivity index (χ0n) is 21.0. The maximum Gasteiger partial charge on any atom is 4.00 e. The topological polar surface area (TPSA) is 0 Å². The molecule has 8 aromatic rings. The fraction of sp³-hybridized carbons (Fsp3) is 0. The quantitative estimate of drug-likeness (QED) is 0.182. The van der Waals surface area contributed by atoms with E-state index in [9.17, 15) is 0 Å². The maximum atomic E-state index is 2.42. The molecule has 188 valence electrons. The van der Waals surface area contributed by atoms with E-state index in [-0.39, 0.29) is 61.6 Å². The van der Waals surface area contributed by atoms with E-state index < -0.39 is 0 Å². The number of hydrogen-bond donors (Lipinski definition) is 0. The molecular weight excluding hydrogens is 589 g/mol. The van der Waals surface area contributed by atoms with Gasteiger partial charge in [-0.25, -0.2) is 0 Å². The molecule has 0 spiro atoms. The van der Waals surface area contributed by atoms with Crippen LogP contribution in [0, 0.1) is 0 Å². The van der Waals surface area contributed by atoms with Crippen LogP contribution in [-0.2, 0) is 21.7 Å². The first kappa shape index (κ1) is 29.5. The van der Waals surface area contributed by atoms with Gasteiger partial charge in [0, 0.05) is 0 Å². The molecule has 0 atom stereocenters. The second-order valence-corrected chi connectivity index (χ2v) is 13.0. The first-order valence-electron chi connectivity index (χ1n) is 12.3. The number of benzene rings is 4.